The minimum absolute atomic E-state index is 0.773. The summed E-state index contributed by atoms with van der Waals surface area (Å²) in [4.78, 5) is 10.8. The van der Waals surface area contributed by atoms with Crippen molar-refractivity contribution in [2.75, 3.05) is 0 Å². The summed E-state index contributed by atoms with van der Waals surface area (Å²) in [5, 5.41) is 0. The topological polar surface area (TPSA) is 17.1 Å². The Labute approximate surface area is 114 Å². The van der Waals surface area contributed by atoms with Gasteiger partial charge in [0, 0.05) is 5.56 Å². The monoisotopic (exact) mass is 250 g/mol. The molecule has 1 fully saturated rings. The second kappa shape index (κ2) is 5.00. The lowest BCUT2D eigenvalue weighted by atomic mass is 9.80. The molecule has 3 rings (SSSR count). The molecule has 19 heavy (non-hydrogen) atoms. The van der Waals surface area contributed by atoms with Gasteiger partial charge in [0.25, 0.3) is 0 Å². The van der Waals surface area contributed by atoms with Crippen LogP contribution in [-0.2, 0) is 0 Å². The minimum atomic E-state index is 0.773. The maximum absolute atomic E-state index is 10.8. The predicted octanol–water partition coefficient (Wildman–Crippen LogP) is 4.74. The van der Waals surface area contributed by atoms with E-state index in [9.17, 15) is 4.79 Å². The van der Waals surface area contributed by atoms with Gasteiger partial charge in [0.05, 0.1) is 0 Å². The van der Waals surface area contributed by atoms with Gasteiger partial charge in [0.1, 0.15) is 6.29 Å². The van der Waals surface area contributed by atoms with Gasteiger partial charge in [-0.05, 0) is 47.9 Å². The fraction of sp³-hybridized carbons (Fsp3) is 0.278. The zero-order chi connectivity index (χ0) is 13.2. The zero-order valence-electron chi connectivity index (χ0n) is 11.2. The van der Waals surface area contributed by atoms with E-state index in [0.29, 0.717) is 0 Å². The molecule has 96 valence electrons. The van der Waals surface area contributed by atoms with Crippen molar-refractivity contribution in [1.29, 1.82) is 0 Å². The average Bonchev–Trinajstić information content (AvgIpc) is 2.37. The largest absolute Gasteiger partial charge is 0.298 e. The zero-order valence-corrected chi connectivity index (χ0v) is 11.2. The Hall–Kier alpha value is -1.89. The van der Waals surface area contributed by atoms with Gasteiger partial charge in [-0.25, -0.2) is 0 Å². The molecule has 1 aliphatic rings. The molecule has 0 amide bonds. The van der Waals surface area contributed by atoms with Crippen molar-refractivity contribution in [3.05, 3.63) is 59.2 Å². The van der Waals surface area contributed by atoms with Crippen LogP contribution in [0.4, 0.5) is 0 Å². The molecule has 0 heterocycles. The van der Waals surface area contributed by atoms with E-state index < -0.39 is 0 Å². The minimum Gasteiger partial charge on any atom is -0.298 e. The van der Waals surface area contributed by atoms with Crippen molar-refractivity contribution >= 4 is 6.29 Å². The Balaban J connectivity index is 1.89. The van der Waals surface area contributed by atoms with E-state index in [1.54, 1.807) is 0 Å². The lowest BCUT2D eigenvalue weighted by molar-refractivity contribution is 0.112. The maximum atomic E-state index is 10.8. The first kappa shape index (κ1) is 12.2. The molecule has 0 saturated heterocycles. The van der Waals surface area contributed by atoms with Gasteiger partial charge >= 0.3 is 0 Å². The average molecular weight is 250 g/mol. The van der Waals surface area contributed by atoms with E-state index in [1.165, 1.54) is 36.0 Å². The van der Waals surface area contributed by atoms with Crippen molar-refractivity contribution in [3.63, 3.8) is 0 Å². The Morgan fingerprint density at radius 2 is 1.68 bits per heavy atom. The van der Waals surface area contributed by atoms with E-state index in [4.69, 9.17) is 0 Å². The molecule has 0 bridgehead atoms. The lowest BCUT2D eigenvalue weighted by Gasteiger charge is -2.25. The standard InChI is InChI=1S/C18H18O/c1-13-11-17(9-10-18(13)12-19)16-7-5-15(6-8-16)14-3-2-4-14/h5-12,14H,2-4H2,1H3. The summed E-state index contributed by atoms with van der Waals surface area (Å²) >= 11 is 0. The maximum Gasteiger partial charge on any atom is 0.150 e. The molecule has 0 spiro atoms. The Kier molecular flexibility index (Phi) is 3.20. The molecule has 1 heteroatoms. The van der Waals surface area contributed by atoms with E-state index in [2.05, 4.69) is 30.3 Å². The van der Waals surface area contributed by atoms with E-state index in [0.717, 1.165) is 23.3 Å². The first-order chi connectivity index (χ1) is 9.28. The highest BCUT2D eigenvalue weighted by Crippen LogP contribution is 2.37. The number of carbonyl (C=O) groups excluding carboxylic acids is 1. The fourth-order valence-corrected chi connectivity index (χ4v) is 2.68. The summed E-state index contributed by atoms with van der Waals surface area (Å²) in [6.07, 6.45) is 4.97. The highest BCUT2D eigenvalue weighted by molar-refractivity contribution is 5.79. The van der Waals surface area contributed by atoms with Crippen LogP contribution in [-0.4, -0.2) is 6.29 Å². The molecule has 1 saturated carbocycles. The van der Waals surface area contributed by atoms with Gasteiger partial charge < -0.3 is 0 Å². The summed E-state index contributed by atoms with van der Waals surface area (Å²) in [6, 6.07) is 14.9. The summed E-state index contributed by atoms with van der Waals surface area (Å²) < 4.78 is 0. The molecule has 1 nitrogen and oxygen atoms in total. The van der Waals surface area contributed by atoms with Crippen LogP contribution in [0, 0.1) is 6.92 Å². The highest BCUT2D eigenvalue weighted by Gasteiger charge is 2.18. The number of rotatable bonds is 3. The molecular formula is C18H18O. The number of hydrogen-bond donors (Lipinski definition) is 0. The lowest BCUT2D eigenvalue weighted by Crippen LogP contribution is -2.08. The van der Waals surface area contributed by atoms with Crippen LogP contribution in [0.25, 0.3) is 11.1 Å². The van der Waals surface area contributed by atoms with E-state index >= 15 is 0 Å². The normalized spacial score (nSPS) is 15.0. The number of aryl methyl sites for hydroxylation is 1. The summed E-state index contributed by atoms with van der Waals surface area (Å²) in [5.41, 5.74) is 5.69. The van der Waals surface area contributed by atoms with Crippen molar-refractivity contribution in [2.24, 2.45) is 0 Å². The van der Waals surface area contributed by atoms with E-state index in [-0.39, 0.29) is 0 Å². The van der Waals surface area contributed by atoms with Crippen LogP contribution >= 0.6 is 0 Å². The fourth-order valence-electron chi connectivity index (χ4n) is 2.68. The molecule has 2 aromatic rings. The van der Waals surface area contributed by atoms with E-state index in [1.807, 2.05) is 19.1 Å². The van der Waals surface area contributed by atoms with Crippen molar-refractivity contribution < 1.29 is 4.79 Å². The Bertz CT molecular complexity index is 592. The second-order valence-electron chi connectivity index (χ2n) is 5.44. The van der Waals surface area contributed by atoms with Crippen molar-refractivity contribution in [2.45, 2.75) is 32.1 Å². The quantitative estimate of drug-likeness (QED) is 0.719. The number of benzene rings is 2. The summed E-state index contributed by atoms with van der Waals surface area (Å²) in [7, 11) is 0. The third-order valence-corrected chi connectivity index (χ3v) is 4.22. The first-order valence-corrected chi connectivity index (χ1v) is 6.94. The third-order valence-electron chi connectivity index (χ3n) is 4.22. The van der Waals surface area contributed by atoms with Crippen molar-refractivity contribution in [3.8, 4) is 11.1 Å². The van der Waals surface area contributed by atoms with Gasteiger partial charge in [-0.15, -0.1) is 0 Å². The SMILES string of the molecule is Cc1cc(-c2ccc(C3CCC3)cc2)ccc1C=O. The molecule has 1 aliphatic carbocycles. The second-order valence-corrected chi connectivity index (χ2v) is 5.44. The van der Waals surface area contributed by atoms with Crippen LogP contribution in [0.2, 0.25) is 0 Å². The van der Waals surface area contributed by atoms with Crippen LogP contribution in [0.5, 0.6) is 0 Å². The van der Waals surface area contributed by atoms with Gasteiger partial charge in [0.15, 0.2) is 0 Å². The predicted molar refractivity (Wildman–Crippen MR) is 78.6 cm³/mol. The smallest absolute Gasteiger partial charge is 0.150 e. The molecule has 0 atom stereocenters. The van der Waals surface area contributed by atoms with Gasteiger partial charge in [-0.1, -0.05) is 48.9 Å². The summed E-state index contributed by atoms with van der Waals surface area (Å²) in [5.74, 6) is 0.785. The van der Waals surface area contributed by atoms with Crippen LogP contribution < -0.4 is 0 Å². The molecule has 0 radical (unpaired) electrons. The molecule has 0 N–H and O–H groups in total. The van der Waals surface area contributed by atoms with Gasteiger partial charge in [-0.2, -0.15) is 0 Å². The van der Waals surface area contributed by atoms with Crippen LogP contribution in [0.3, 0.4) is 0 Å². The van der Waals surface area contributed by atoms with Crippen LogP contribution in [0.15, 0.2) is 42.5 Å². The summed E-state index contributed by atoms with van der Waals surface area (Å²) in [6.45, 7) is 1.98. The first-order valence-electron chi connectivity index (χ1n) is 6.94. The number of carbonyl (C=O) groups is 1. The Morgan fingerprint density at radius 3 is 2.21 bits per heavy atom. The van der Waals surface area contributed by atoms with Gasteiger partial charge in [0.2, 0.25) is 0 Å². The Morgan fingerprint density at radius 1 is 1.00 bits per heavy atom. The third kappa shape index (κ3) is 2.33. The molecule has 0 unspecified atom stereocenters. The van der Waals surface area contributed by atoms with Crippen molar-refractivity contribution in [1.82, 2.24) is 0 Å². The molecule has 0 aromatic heterocycles. The van der Waals surface area contributed by atoms with Crippen LogP contribution in [0.1, 0.15) is 46.7 Å². The van der Waals surface area contributed by atoms with Gasteiger partial charge in [-0.3, -0.25) is 4.79 Å². The molecule has 0 aliphatic heterocycles. The highest BCUT2D eigenvalue weighted by atomic mass is 16.1. The number of aldehydes is 1. The molecular weight excluding hydrogens is 232 g/mol. The number of hydrogen-bond acceptors (Lipinski definition) is 1. The molecule has 2 aromatic carbocycles.